The summed E-state index contributed by atoms with van der Waals surface area (Å²) < 4.78 is 92.1. The fourth-order valence-corrected chi connectivity index (χ4v) is 17.9. The SMILES string of the molecule is C/C=S(\CCNC(=O)CCOCCOCCOCCOCCOCCOCCOCCOCCNC(=S)OC1CCC(CC[C@@H]2CC[C@H](C)/C=C(\C)C(O)[C@@H](O)C(=O)[C@H](C)C[C@H](C)/C=C/C=C/C=C(\C)[C@@H](OC)CC3CCC[C@@](O)(O3)C(=O)C(=O)N3CCCC[C@H]3CO2)CC1)c1ccc(C(=O)N2CCOc3ccc(-c4ccc(N)nc4)cc3C2)c(C)c1F. The van der Waals surface area contributed by atoms with Crippen LogP contribution < -0.4 is 21.1 Å². The zero-order valence-corrected chi connectivity index (χ0v) is 75.4. The molecule has 3 fully saturated rings. The second-order valence-corrected chi connectivity index (χ2v) is 35.2. The third-order valence-corrected chi connectivity index (χ3v) is 25.5. The van der Waals surface area contributed by atoms with Gasteiger partial charge in [-0.15, -0.1) is 0 Å². The Morgan fingerprint density at radius 1 is 0.715 bits per heavy atom. The van der Waals surface area contributed by atoms with Gasteiger partial charge in [-0.1, -0.05) is 68.7 Å². The van der Waals surface area contributed by atoms with Crippen LogP contribution in [-0.2, 0) is 82.6 Å². The second kappa shape index (κ2) is 55.7. The Kier molecular flexibility index (Phi) is 46.0. The lowest BCUT2D eigenvalue weighted by Gasteiger charge is -2.40. The Labute approximate surface area is 735 Å². The van der Waals surface area contributed by atoms with E-state index in [-0.39, 0.29) is 79.6 Å². The molecule has 11 atom stereocenters. The zero-order valence-electron chi connectivity index (χ0n) is 73.8. The molecule has 2 bridgehead atoms. The molecule has 2 aromatic carbocycles. The number of fused-ring (bicyclic) bond motifs is 4. The molecule has 3 aromatic rings. The topological polar surface area (TPSA) is 335 Å². The Hall–Kier alpha value is -6.82. The van der Waals surface area contributed by atoms with E-state index in [2.05, 4.69) is 22.5 Å². The van der Waals surface area contributed by atoms with Gasteiger partial charge in [0.15, 0.2) is 5.78 Å². The molecule has 2 saturated heterocycles. The molecule has 3 amide bonds. The standard InChI is InChI=1S/C93H139FN6O21S2/c1-9-123(82-32-30-79(70(7)85(82)94)90(106)99-39-42-118-80-31-24-72(60-74(80)63-99)73-25-33-83(95)98-62-73)57-37-96-84(101)34-40-110-43-45-112-47-49-114-51-53-116-55-56-117-54-52-115-50-48-113-46-44-111-41-36-97-92(122)120-77-28-22-71(23-29-77)21-27-76-26-20-66(3)59-69(6)87(103)88(104)86(102)68(5)58-65(2)16-11-10-12-17-67(4)81(109-8)61-78-19-15-35-93(108,121-78)89(105)91(107)100-38-14-13-18-75(100)64-119-76/h9-12,16-17,24-25,30-33,59-60,62,65-66,68,71,75-78,81,87-88,103-104,108H,13-15,18-23,26-29,34-58,61,63-64H2,1-8H3,(H2,95,98)(H,96,101)(H,97,122)/b12-10+,16-11+,67-17+,69-59+/t65-,66+,68-,71?,75+,76+,77?,78?,81+,87?,88+,93-,123?/m1/s1. The number of pyridine rings is 1. The molecule has 1 saturated carbocycles. The van der Waals surface area contributed by atoms with Crippen molar-refractivity contribution in [2.24, 2.45) is 23.7 Å². The number of amides is 3. The Morgan fingerprint density at radius 3 is 2.02 bits per heavy atom. The molecule has 27 nitrogen and oxygen atoms in total. The molecule has 123 heavy (non-hydrogen) atoms. The van der Waals surface area contributed by atoms with E-state index in [1.165, 1.54) is 0 Å². The van der Waals surface area contributed by atoms with Gasteiger partial charge < -0.3 is 103 Å². The number of thiocarbonyl (C=S) groups is 1. The number of halogens is 1. The van der Waals surface area contributed by atoms with Crippen LogP contribution in [0.3, 0.4) is 0 Å². The van der Waals surface area contributed by atoms with Gasteiger partial charge in [0.25, 0.3) is 22.8 Å². The number of carbonyl (C=O) groups excluding carboxylic acids is 5. The molecule has 0 spiro atoms. The first-order valence-corrected chi connectivity index (χ1v) is 46.2. The number of nitrogens with two attached hydrogens (primary N) is 1. The van der Waals surface area contributed by atoms with E-state index >= 15 is 4.39 Å². The van der Waals surface area contributed by atoms with Crippen molar-refractivity contribution in [2.75, 3.05) is 164 Å². The number of hydrogen-bond donors (Lipinski definition) is 6. The molecule has 4 aliphatic heterocycles. The van der Waals surface area contributed by atoms with Crippen molar-refractivity contribution < 1.29 is 105 Å². The maximum Gasteiger partial charge on any atom is 0.296 e. The highest BCUT2D eigenvalue weighted by Crippen LogP contribution is 2.37. The monoisotopic (exact) mass is 1760 g/mol. The van der Waals surface area contributed by atoms with Crippen molar-refractivity contribution >= 4 is 68.3 Å². The summed E-state index contributed by atoms with van der Waals surface area (Å²) >= 11 is 5.57. The Morgan fingerprint density at radius 2 is 1.37 bits per heavy atom. The Bertz CT molecular complexity index is 3900. The van der Waals surface area contributed by atoms with E-state index in [0.29, 0.717) is 228 Å². The van der Waals surface area contributed by atoms with Crippen LogP contribution in [0.5, 0.6) is 5.75 Å². The van der Waals surface area contributed by atoms with E-state index in [4.69, 9.17) is 79.5 Å². The zero-order chi connectivity index (χ0) is 88.3. The number of aliphatic hydroxyl groups excluding tert-OH is 2. The lowest BCUT2D eigenvalue weighted by atomic mass is 9.83. The van der Waals surface area contributed by atoms with E-state index in [0.717, 1.165) is 73.6 Å². The molecular weight excluding hydrogens is 1620 g/mol. The molecule has 5 heterocycles. The maximum atomic E-state index is 16.1. The number of nitrogens with zero attached hydrogens (tertiary/aromatic N) is 3. The van der Waals surface area contributed by atoms with Crippen molar-refractivity contribution in [3.63, 3.8) is 0 Å². The van der Waals surface area contributed by atoms with Gasteiger partial charge in [-0.25, -0.2) is 9.37 Å². The fourth-order valence-electron chi connectivity index (χ4n) is 16.0. The average molecular weight is 1760 g/mol. The Balaban J connectivity index is 0.604. The van der Waals surface area contributed by atoms with Crippen LogP contribution in [0.4, 0.5) is 10.2 Å². The fraction of sp³-hybridized carbons (Fsp3) is 0.656. The van der Waals surface area contributed by atoms with Crippen molar-refractivity contribution in [1.82, 2.24) is 25.4 Å². The number of hydrogen-bond acceptors (Lipinski definition) is 24. The van der Waals surface area contributed by atoms with Gasteiger partial charge in [0, 0.05) is 92.0 Å². The summed E-state index contributed by atoms with van der Waals surface area (Å²) in [4.78, 5) is 76.4. The smallest absolute Gasteiger partial charge is 0.296 e. The molecule has 30 heteroatoms. The van der Waals surface area contributed by atoms with E-state index < -0.39 is 63.8 Å². The van der Waals surface area contributed by atoms with E-state index in [1.807, 2.05) is 86.9 Å². The van der Waals surface area contributed by atoms with Crippen molar-refractivity contribution in [3.05, 3.63) is 119 Å². The number of ketones is 2. The predicted molar refractivity (Wildman–Crippen MR) is 476 cm³/mol. The molecule has 686 valence electrons. The number of benzene rings is 2. The highest BCUT2D eigenvalue weighted by molar-refractivity contribution is 8.15. The van der Waals surface area contributed by atoms with Crippen LogP contribution in [0.25, 0.3) is 11.1 Å². The van der Waals surface area contributed by atoms with Gasteiger partial charge in [0.1, 0.15) is 42.3 Å². The maximum absolute atomic E-state index is 16.1. The van der Waals surface area contributed by atoms with Crippen molar-refractivity contribution in [1.29, 1.82) is 0 Å². The highest BCUT2D eigenvalue weighted by atomic mass is 32.2. The van der Waals surface area contributed by atoms with E-state index in [1.54, 1.807) is 62.1 Å². The first kappa shape index (κ1) is 102. The number of nitrogen functional groups attached to an aromatic ring is 1. The van der Waals surface area contributed by atoms with Gasteiger partial charge >= 0.3 is 0 Å². The first-order valence-electron chi connectivity index (χ1n) is 44.3. The number of anilines is 1. The quantitative estimate of drug-likeness (QED) is 0.0134. The molecular formula is C93H139FN6O21S2. The van der Waals surface area contributed by atoms with Gasteiger partial charge in [-0.2, -0.15) is 10.5 Å². The number of aromatic nitrogens is 1. The van der Waals surface area contributed by atoms with Gasteiger partial charge in [0.2, 0.25) is 11.7 Å². The highest BCUT2D eigenvalue weighted by Gasteiger charge is 2.48. The van der Waals surface area contributed by atoms with Crippen LogP contribution in [0.15, 0.2) is 101 Å². The largest absolute Gasteiger partial charge is 0.491 e. The minimum atomic E-state index is -2.25. The van der Waals surface area contributed by atoms with Crippen molar-refractivity contribution in [3.8, 4) is 16.9 Å². The summed E-state index contributed by atoms with van der Waals surface area (Å²) in [5.41, 5.74) is 10.4. The number of ether oxygens (including phenoxy) is 13. The molecule has 7 N–H and O–H groups in total. The number of piperidine rings is 1. The number of carbonyl (C=O) groups is 5. The molecule has 1 aliphatic carbocycles. The number of Topliss-reactive ketones (excluding diaryl/α,β-unsaturated/α-hetero) is 2. The molecule has 3 unspecified atom stereocenters. The predicted octanol–water partition coefficient (Wildman–Crippen LogP) is 11.5. The normalized spacial score (nSPS) is 26.2. The summed E-state index contributed by atoms with van der Waals surface area (Å²) in [6.07, 6.45) is 20.4. The number of aliphatic hydroxyl groups is 3. The summed E-state index contributed by atoms with van der Waals surface area (Å²) in [6.45, 7) is 21.8. The molecule has 8 rings (SSSR count). The second-order valence-electron chi connectivity index (χ2n) is 32.7. The molecule has 0 radical (unpaired) electrons. The van der Waals surface area contributed by atoms with Crippen LogP contribution >= 0.6 is 22.7 Å². The number of methoxy groups -OCH3 is 1. The number of rotatable bonds is 38. The summed E-state index contributed by atoms with van der Waals surface area (Å²) in [7, 11) is 0.993. The van der Waals surface area contributed by atoms with Crippen LogP contribution in [0.2, 0.25) is 0 Å². The van der Waals surface area contributed by atoms with Crippen LogP contribution in [0.1, 0.15) is 172 Å². The van der Waals surface area contributed by atoms with Gasteiger partial charge in [-0.3, -0.25) is 24.0 Å². The van der Waals surface area contributed by atoms with Crippen LogP contribution in [-0.4, -0.2) is 276 Å². The average Bonchev–Trinajstić information content (AvgIpc) is 1.77. The first-order chi connectivity index (χ1) is 59.4. The summed E-state index contributed by atoms with van der Waals surface area (Å²) in [5.74, 6) is -3.65. The lowest BCUT2D eigenvalue weighted by molar-refractivity contribution is -0.245. The van der Waals surface area contributed by atoms with E-state index in [9.17, 15) is 39.3 Å². The van der Waals surface area contributed by atoms with Gasteiger partial charge in [0.05, 0.1) is 143 Å². The number of allylic oxidation sites excluding steroid dienone is 6. The van der Waals surface area contributed by atoms with Crippen molar-refractivity contribution in [2.45, 2.75) is 218 Å². The van der Waals surface area contributed by atoms with Gasteiger partial charge in [-0.05, 0) is 206 Å². The third kappa shape index (κ3) is 35.0. The summed E-state index contributed by atoms with van der Waals surface area (Å²) in [5, 5.41) is 42.6. The third-order valence-electron chi connectivity index (χ3n) is 23.2. The summed E-state index contributed by atoms with van der Waals surface area (Å²) in [6, 6.07) is 12.5. The van der Waals surface area contributed by atoms with Crippen LogP contribution in [0, 0.1) is 36.4 Å². The minimum Gasteiger partial charge on any atom is -0.491 e. The molecule has 1 aromatic heterocycles. The molecule has 5 aliphatic rings. The lowest BCUT2D eigenvalue weighted by Crippen LogP contribution is -2.57. The number of nitrogens with one attached hydrogen (secondary N) is 2. The minimum absolute atomic E-state index is 0.00676.